The van der Waals surface area contributed by atoms with Crippen LogP contribution in [0.1, 0.15) is 24.8 Å². The van der Waals surface area contributed by atoms with Crippen LogP contribution in [0.4, 0.5) is 11.4 Å². The number of non-ortho nitro benzene ring substituents is 1. The molecule has 0 radical (unpaired) electrons. The Hall–Kier alpha value is -1.29. The zero-order chi connectivity index (χ0) is 15.7. The molecular weight excluding hydrogens is 391 g/mol. The minimum absolute atomic E-state index is 0.176. The van der Waals surface area contributed by atoms with E-state index >= 15 is 0 Å². The molecule has 0 aliphatic carbocycles. The standard InChI is InChI=1S/C13H17IN2O5/c14-7-9-21-8-3-1-2-4-11-5-6-12(15(17)18)10-13(11)16(19)20/h5-6,10H,1-4,7-9H2. The smallest absolute Gasteiger partial charge is 0.279 e. The Morgan fingerprint density at radius 2 is 1.81 bits per heavy atom. The fourth-order valence-electron chi connectivity index (χ4n) is 1.90. The Kier molecular flexibility index (Phi) is 8.13. The second-order valence-electron chi connectivity index (χ2n) is 4.44. The predicted molar refractivity (Wildman–Crippen MR) is 87.0 cm³/mol. The van der Waals surface area contributed by atoms with Crippen LogP contribution in [-0.4, -0.2) is 27.5 Å². The van der Waals surface area contributed by atoms with E-state index in [2.05, 4.69) is 22.6 Å². The summed E-state index contributed by atoms with van der Waals surface area (Å²) in [5, 5.41) is 21.6. The molecule has 0 aromatic heterocycles. The number of hydrogen-bond donors (Lipinski definition) is 0. The molecule has 0 aliphatic heterocycles. The van der Waals surface area contributed by atoms with Crippen molar-refractivity contribution in [3.8, 4) is 0 Å². The summed E-state index contributed by atoms with van der Waals surface area (Å²) in [5.41, 5.74) is 0.113. The Morgan fingerprint density at radius 3 is 2.43 bits per heavy atom. The molecule has 0 aliphatic rings. The number of ether oxygens (including phenoxy) is 1. The number of alkyl halides is 1. The molecule has 0 heterocycles. The maximum Gasteiger partial charge on any atom is 0.279 e. The first-order valence-electron chi connectivity index (χ1n) is 6.61. The number of unbranched alkanes of at least 4 members (excludes halogenated alkanes) is 2. The molecule has 0 amide bonds. The Labute approximate surface area is 136 Å². The summed E-state index contributed by atoms with van der Waals surface area (Å²) in [6.45, 7) is 1.44. The van der Waals surface area contributed by atoms with Gasteiger partial charge in [-0.3, -0.25) is 20.2 Å². The molecule has 1 aromatic carbocycles. The highest BCUT2D eigenvalue weighted by atomic mass is 127. The van der Waals surface area contributed by atoms with Crippen molar-refractivity contribution in [1.29, 1.82) is 0 Å². The topological polar surface area (TPSA) is 95.5 Å². The summed E-state index contributed by atoms with van der Waals surface area (Å²) in [6.07, 6.45) is 3.17. The Bertz CT molecular complexity index is 495. The van der Waals surface area contributed by atoms with Gasteiger partial charge in [0.05, 0.1) is 22.5 Å². The lowest BCUT2D eigenvalue weighted by molar-refractivity contribution is -0.394. The van der Waals surface area contributed by atoms with Gasteiger partial charge in [0.15, 0.2) is 0 Å². The molecular formula is C13H17IN2O5. The predicted octanol–water partition coefficient (Wildman–Crippen LogP) is 3.67. The quantitative estimate of drug-likeness (QED) is 0.194. The number of benzene rings is 1. The van der Waals surface area contributed by atoms with Crippen molar-refractivity contribution >= 4 is 34.0 Å². The van der Waals surface area contributed by atoms with Gasteiger partial charge in [0.2, 0.25) is 0 Å². The summed E-state index contributed by atoms with van der Waals surface area (Å²) in [5.74, 6) is 0. The number of nitro benzene ring substituents is 2. The average molecular weight is 408 g/mol. The van der Waals surface area contributed by atoms with Crippen LogP contribution >= 0.6 is 22.6 Å². The van der Waals surface area contributed by atoms with Gasteiger partial charge in [-0.25, -0.2) is 0 Å². The van der Waals surface area contributed by atoms with Crippen molar-refractivity contribution in [1.82, 2.24) is 0 Å². The summed E-state index contributed by atoms with van der Waals surface area (Å²) in [4.78, 5) is 20.4. The fraction of sp³-hybridized carbons (Fsp3) is 0.538. The van der Waals surface area contributed by atoms with Crippen LogP contribution in [0.3, 0.4) is 0 Å². The van der Waals surface area contributed by atoms with Gasteiger partial charge in [-0.05, 0) is 25.3 Å². The maximum absolute atomic E-state index is 11.0. The molecule has 0 N–H and O–H groups in total. The van der Waals surface area contributed by atoms with E-state index in [1.54, 1.807) is 0 Å². The molecule has 0 saturated carbocycles. The monoisotopic (exact) mass is 408 g/mol. The van der Waals surface area contributed by atoms with Crippen molar-refractivity contribution < 1.29 is 14.6 Å². The molecule has 7 nitrogen and oxygen atoms in total. The average Bonchev–Trinajstić information content (AvgIpc) is 2.46. The molecule has 0 unspecified atom stereocenters. The third kappa shape index (κ3) is 6.34. The Balaban J connectivity index is 2.51. The van der Waals surface area contributed by atoms with Crippen LogP contribution in [0.5, 0.6) is 0 Å². The first-order chi connectivity index (χ1) is 10.1. The number of nitrogens with zero attached hydrogens (tertiary/aromatic N) is 2. The minimum atomic E-state index is -0.624. The van der Waals surface area contributed by atoms with E-state index in [9.17, 15) is 20.2 Å². The second-order valence-corrected chi connectivity index (χ2v) is 5.52. The first-order valence-corrected chi connectivity index (χ1v) is 8.14. The van der Waals surface area contributed by atoms with Crippen LogP contribution in [0.25, 0.3) is 0 Å². The molecule has 0 atom stereocenters. The number of halogens is 1. The van der Waals surface area contributed by atoms with E-state index in [0.717, 1.165) is 36.4 Å². The molecule has 1 rings (SSSR count). The van der Waals surface area contributed by atoms with E-state index in [4.69, 9.17) is 4.74 Å². The molecule has 0 fully saturated rings. The number of rotatable bonds is 10. The largest absolute Gasteiger partial charge is 0.381 e. The van der Waals surface area contributed by atoms with Gasteiger partial charge in [0, 0.05) is 22.7 Å². The van der Waals surface area contributed by atoms with Crippen LogP contribution in [0, 0.1) is 20.2 Å². The third-order valence-corrected chi connectivity index (χ3v) is 3.37. The van der Waals surface area contributed by atoms with E-state index in [0.29, 0.717) is 18.6 Å². The van der Waals surface area contributed by atoms with Crippen LogP contribution < -0.4 is 0 Å². The third-order valence-electron chi connectivity index (χ3n) is 2.93. The molecule has 116 valence electrons. The first kappa shape index (κ1) is 17.8. The highest BCUT2D eigenvalue weighted by Crippen LogP contribution is 2.26. The van der Waals surface area contributed by atoms with Gasteiger partial charge in [-0.1, -0.05) is 29.0 Å². The summed E-state index contributed by atoms with van der Waals surface area (Å²) >= 11 is 2.24. The molecule has 0 saturated heterocycles. The summed E-state index contributed by atoms with van der Waals surface area (Å²) < 4.78 is 6.31. The SMILES string of the molecule is O=[N+]([O-])c1ccc(CCCCCOCCI)c([N+](=O)[O-])c1. The van der Waals surface area contributed by atoms with Crippen molar-refractivity contribution in [2.24, 2.45) is 0 Å². The highest BCUT2D eigenvalue weighted by Gasteiger charge is 2.18. The fourth-order valence-corrected chi connectivity index (χ4v) is 2.21. The van der Waals surface area contributed by atoms with Crippen molar-refractivity contribution in [3.63, 3.8) is 0 Å². The zero-order valence-corrected chi connectivity index (χ0v) is 13.7. The van der Waals surface area contributed by atoms with E-state index in [1.807, 2.05) is 0 Å². The molecule has 21 heavy (non-hydrogen) atoms. The number of hydrogen-bond acceptors (Lipinski definition) is 5. The minimum Gasteiger partial charge on any atom is -0.381 e. The van der Waals surface area contributed by atoms with Gasteiger partial charge in [0.1, 0.15) is 0 Å². The summed E-state index contributed by atoms with van der Waals surface area (Å²) in [6, 6.07) is 3.81. The molecule has 1 aromatic rings. The highest BCUT2D eigenvalue weighted by molar-refractivity contribution is 14.1. The van der Waals surface area contributed by atoms with Gasteiger partial charge in [-0.2, -0.15) is 0 Å². The van der Waals surface area contributed by atoms with Crippen molar-refractivity contribution in [3.05, 3.63) is 44.0 Å². The van der Waals surface area contributed by atoms with E-state index < -0.39 is 9.85 Å². The van der Waals surface area contributed by atoms with Gasteiger partial charge in [0.25, 0.3) is 11.4 Å². The van der Waals surface area contributed by atoms with Gasteiger partial charge in [-0.15, -0.1) is 0 Å². The lowest BCUT2D eigenvalue weighted by atomic mass is 10.0. The lowest BCUT2D eigenvalue weighted by Gasteiger charge is -2.04. The van der Waals surface area contributed by atoms with Crippen LogP contribution in [-0.2, 0) is 11.2 Å². The number of nitro groups is 2. The van der Waals surface area contributed by atoms with Crippen molar-refractivity contribution in [2.75, 3.05) is 17.6 Å². The van der Waals surface area contributed by atoms with Gasteiger partial charge < -0.3 is 4.74 Å². The lowest BCUT2D eigenvalue weighted by Crippen LogP contribution is -2.00. The van der Waals surface area contributed by atoms with E-state index in [1.165, 1.54) is 12.1 Å². The second kappa shape index (κ2) is 9.61. The molecule has 0 bridgehead atoms. The van der Waals surface area contributed by atoms with Crippen molar-refractivity contribution in [2.45, 2.75) is 25.7 Å². The number of aryl methyl sites for hydroxylation is 1. The normalized spacial score (nSPS) is 10.5. The van der Waals surface area contributed by atoms with Crippen LogP contribution in [0.2, 0.25) is 0 Å². The van der Waals surface area contributed by atoms with Gasteiger partial charge >= 0.3 is 0 Å². The zero-order valence-electron chi connectivity index (χ0n) is 11.5. The molecule has 0 spiro atoms. The Morgan fingerprint density at radius 1 is 1.05 bits per heavy atom. The van der Waals surface area contributed by atoms with Crippen LogP contribution in [0.15, 0.2) is 18.2 Å². The summed E-state index contributed by atoms with van der Waals surface area (Å²) in [7, 11) is 0. The van der Waals surface area contributed by atoms with E-state index in [-0.39, 0.29) is 11.4 Å². The molecule has 8 heteroatoms. The maximum atomic E-state index is 11.0.